The minimum absolute atomic E-state index is 0.0180. The van der Waals surface area contributed by atoms with Crippen LogP contribution in [0.5, 0.6) is 11.5 Å². The summed E-state index contributed by atoms with van der Waals surface area (Å²) in [7, 11) is 3.54. The zero-order valence-electron chi connectivity index (χ0n) is 25.7. The summed E-state index contributed by atoms with van der Waals surface area (Å²) in [5, 5.41) is 0. The van der Waals surface area contributed by atoms with Crippen molar-refractivity contribution in [2.24, 2.45) is 0 Å². The minimum atomic E-state index is -0.0180. The Hall–Kier alpha value is -3.66. The summed E-state index contributed by atoms with van der Waals surface area (Å²) in [6, 6.07) is 8.40. The van der Waals surface area contributed by atoms with Gasteiger partial charge in [0.15, 0.2) is 0 Å². The van der Waals surface area contributed by atoms with Gasteiger partial charge in [-0.05, 0) is 0 Å². The molecule has 0 aliphatic rings. The molecule has 0 aliphatic carbocycles. The van der Waals surface area contributed by atoms with Gasteiger partial charge in [0.1, 0.15) is 0 Å². The van der Waals surface area contributed by atoms with Crippen molar-refractivity contribution < 1.29 is 9.47 Å². The topological polar surface area (TPSA) is 44.2 Å². The summed E-state index contributed by atoms with van der Waals surface area (Å²) < 4.78 is 14.8. The number of ether oxygens (including phenoxy) is 2. The number of rotatable bonds is 6. The van der Waals surface area contributed by atoms with Gasteiger partial charge in [0.2, 0.25) is 0 Å². The Morgan fingerprint density at radius 3 is 0.976 bits per heavy atom. The van der Waals surface area contributed by atoms with E-state index >= 15 is 0 Å². The maximum atomic E-state index is 6.17. The van der Waals surface area contributed by atoms with Crippen LogP contribution in [-0.2, 0) is 0 Å². The van der Waals surface area contributed by atoms with Gasteiger partial charge in [-0.3, -0.25) is 0 Å². The van der Waals surface area contributed by atoms with Crippen molar-refractivity contribution in [3.63, 3.8) is 0 Å². The number of aromatic nitrogens is 2. The van der Waals surface area contributed by atoms with E-state index < -0.39 is 0 Å². The average molecular weight is 610 g/mol. The number of benzene rings is 2. The SMILES string of the molecule is COc1c(-c2c(C)c(C)c(-c3ccncc3)c(C)c2C)[se]c(-c2c(C)c(C)c(-c3ccncc3)c(C)c2C)c1OC. The first kappa shape index (κ1) is 28.9. The molecule has 0 aliphatic heterocycles. The molecule has 0 spiro atoms. The van der Waals surface area contributed by atoms with Crippen LogP contribution < -0.4 is 9.47 Å². The zero-order chi connectivity index (χ0) is 29.6. The molecule has 41 heavy (non-hydrogen) atoms. The number of nitrogens with zero attached hydrogens (tertiary/aromatic N) is 2. The molecule has 0 radical (unpaired) electrons. The first-order valence-corrected chi connectivity index (χ1v) is 15.6. The van der Waals surface area contributed by atoms with E-state index in [9.17, 15) is 0 Å². The molecule has 0 saturated heterocycles. The van der Waals surface area contributed by atoms with Gasteiger partial charge in [0.05, 0.1) is 0 Å². The van der Waals surface area contributed by atoms with Crippen LogP contribution in [0.3, 0.4) is 0 Å². The molecule has 0 fully saturated rings. The van der Waals surface area contributed by atoms with Crippen molar-refractivity contribution in [1.29, 1.82) is 0 Å². The fraction of sp³-hybridized carbons (Fsp3) is 0.278. The molecule has 0 saturated carbocycles. The molecule has 3 aromatic heterocycles. The summed E-state index contributed by atoms with van der Waals surface area (Å²) in [6.45, 7) is 17.9. The van der Waals surface area contributed by atoms with Crippen molar-refractivity contribution >= 4 is 14.5 Å². The van der Waals surface area contributed by atoms with E-state index in [0.717, 1.165) is 11.5 Å². The molecule has 2 aromatic carbocycles. The van der Waals surface area contributed by atoms with Crippen molar-refractivity contribution in [1.82, 2.24) is 9.97 Å². The fourth-order valence-electron chi connectivity index (χ4n) is 6.31. The van der Waals surface area contributed by atoms with Crippen molar-refractivity contribution in [2.75, 3.05) is 14.2 Å². The monoisotopic (exact) mass is 610 g/mol. The Labute approximate surface area is 250 Å². The van der Waals surface area contributed by atoms with E-state index in [1.165, 1.54) is 86.8 Å². The molecule has 5 heteroatoms. The third kappa shape index (κ3) is 4.62. The molecule has 4 nitrogen and oxygen atoms in total. The van der Waals surface area contributed by atoms with Crippen molar-refractivity contribution in [3.8, 4) is 53.8 Å². The van der Waals surface area contributed by atoms with Crippen LogP contribution >= 0.6 is 0 Å². The second-order valence-electron chi connectivity index (χ2n) is 10.8. The zero-order valence-corrected chi connectivity index (χ0v) is 27.5. The second-order valence-corrected chi connectivity index (χ2v) is 12.9. The number of pyridine rings is 2. The first-order chi connectivity index (χ1) is 19.6. The van der Waals surface area contributed by atoms with E-state index in [0.29, 0.717) is 0 Å². The Balaban J connectivity index is 1.79. The summed E-state index contributed by atoms with van der Waals surface area (Å²) in [5.74, 6) is 1.72. The average Bonchev–Trinajstić information content (AvgIpc) is 3.34. The molecule has 5 rings (SSSR count). The Kier molecular flexibility index (Phi) is 7.96. The summed E-state index contributed by atoms with van der Waals surface area (Å²) >= 11 is -0.0180. The van der Waals surface area contributed by atoms with Crippen LogP contribution in [0, 0.1) is 55.4 Å². The van der Waals surface area contributed by atoms with E-state index in [2.05, 4.69) is 89.6 Å². The molecular formula is C36H38N2O2Se. The molecule has 5 aromatic rings. The molecular weight excluding hydrogens is 571 g/mol. The van der Waals surface area contributed by atoms with Crippen LogP contribution in [0.4, 0.5) is 0 Å². The molecule has 210 valence electrons. The maximum absolute atomic E-state index is 6.17. The third-order valence-electron chi connectivity index (χ3n) is 8.87. The van der Waals surface area contributed by atoms with E-state index in [1.807, 2.05) is 24.8 Å². The third-order valence-corrected chi connectivity index (χ3v) is 11.4. The Morgan fingerprint density at radius 1 is 0.439 bits per heavy atom. The molecule has 0 amide bonds. The van der Waals surface area contributed by atoms with E-state index in [1.54, 1.807) is 14.2 Å². The van der Waals surface area contributed by atoms with E-state index in [-0.39, 0.29) is 14.5 Å². The van der Waals surface area contributed by atoms with Crippen LogP contribution in [0.15, 0.2) is 49.1 Å². The van der Waals surface area contributed by atoms with Gasteiger partial charge in [-0.15, -0.1) is 0 Å². The van der Waals surface area contributed by atoms with Gasteiger partial charge in [-0.1, -0.05) is 0 Å². The van der Waals surface area contributed by atoms with Gasteiger partial charge in [-0.2, -0.15) is 0 Å². The number of hydrogen-bond donors (Lipinski definition) is 0. The first-order valence-electron chi connectivity index (χ1n) is 13.9. The van der Waals surface area contributed by atoms with Crippen LogP contribution in [-0.4, -0.2) is 38.7 Å². The molecule has 0 bridgehead atoms. The van der Waals surface area contributed by atoms with Crippen LogP contribution in [0.1, 0.15) is 44.5 Å². The normalized spacial score (nSPS) is 11.2. The predicted molar refractivity (Wildman–Crippen MR) is 172 cm³/mol. The van der Waals surface area contributed by atoms with Gasteiger partial charge in [0.25, 0.3) is 0 Å². The fourth-order valence-corrected chi connectivity index (χ4v) is 9.58. The second kappa shape index (κ2) is 11.3. The summed E-state index contributed by atoms with van der Waals surface area (Å²) in [6.07, 6.45) is 7.48. The Morgan fingerprint density at radius 2 is 0.707 bits per heavy atom. The van der Waals surface area contributed by atoms with Crippen LogP contribution in [0.25, 0.3) is 42.3 Å². The van der Waals surface area contributed by atoms with Crippen LogP contribution in [0.2, 0.25) is 0 Å². The molecule has 0 atom stereocenters. The predicted octanol–water partition coefficient (Wildman–Crippen LogP) is 8.69. The van der Waals surface area contributed by atoms with Crippen molar-refractivity contribution in [3.05, 3.63) is 93.6 Å². The van der Waals surface area contributed by atoms with Gasteiger partial charge < -0.3 is 0 Å². The van der Waals surface area contributed by atoms with E-state index in [4.69, 9.17) is 9.47 Å². The van der Waals surface area contributed by atoms with Crippen molar-refractivity contribution in [2.45, 2.75) is 55.4 Å². The Bertz CT molecular complexity index is 1580. The molecule has 0 N–H and O–H groups in total. The summed E-state index contributed by atoms with van der Waals surface area (Å²) in [5.41, 5.74) is 17.9. The quantitative estimate of drug-likeness (QED) is 0.181. The summed E-state index contributed by atoms with van der Waals surface area (Å²) in [4.78, 5) is 8.47. The van der Waals surface area contributed by atoms with Gasteiger partial charge in [0, 0.05) is 0 Å². The van der Waals surface area contributed by atoms with Gasteiger partial charge in [-0.25, -0.2) is 0 Å². The van der Waals surface area contributed by atoms with Gasteiger partial charge >= 0.3 is 251 Å². The number of methoxy groups -OCH3 is 2. The molecule has 3 heterocycles. The molecule has 0 unspecified atom stereocenters. The standard InChI is InChI=1S/C36H38N2O2Se/c1-19-23(5)31(24(6)20(2)29(19)27-11-15-37-16-12-27)35-33(39-9)34(40-10)36(41-35)32-25(7)21(3)30(22(4)26(32)8)28-13-17-38-18-14-28/h11-18H,1-10H3. The number of hydrogen-bond acceptors (Lipinski definition) is 4.